The number of furan rings is 1. The Balaban J connectivity index is 1.67. The van der Waals surface area contributed by atoms with Crippen molar-refractivity contribution >= 4 is 28.0 Å². The molecule has 0 bridgehead atoms. The first-order valence-corrected chi connectivity index (χ1v) is 8.20. The first-order chi connectivity index (χ1) is 9.33. The van der Waals surface area contributed by atoms with Crippen LogP contribution >= 0.6 is 15.9 Å². The number of anilines is 1. The van der Waals surface area contributed by atoms with Gasteiger partial charge in [-0.15, -0.1) is 0 Å². The fourth-order valence-corrected chi connectivity index (χ4v) is 3.54. The largest absolute Gasteiger partial charge is 0.438 e. The van der Waals surface area contributed by atoms with Gasteiger partial charge in [-0.3, -0.25) is 4.99 Å². The molecule has 1 saturated carbocycles. The van der Waals surface area contributed by atoms with Gasteiger partial charge < -0.3 is 9.32 Å². The first kappa shape index (κ1) is 13.2. The standard InChI is InChI=1S/C15H21BrN2O/c16-14-10-13(11-17-12-6-2-1-3-7-12)19-15(14)18-8-4-5-9-18/h10-12H,1-9H2. The lowest BCUT2D eigenvalue weighted by atomic mass is 9.96. The molecule has 1 saturated heterocycles. The smallest absolute Gasteiger partial charge is 0.210 e. The summed E-state index contributed by atoms with van der Waals surface area (Å²) in [5.41, 5.74) is 0. The van der Waals surface area contributed by atoms with E-state index in [1.165, 1.54) is 44.9 Å². The Morgan fingerprint density at radius 2 is 1.89 bits per heavy atom. The van der Waals surface area contributed by atoms with Crippen LogP contribution in [-0.4, -0.2) is 25.3 Å². The van der Waals surface area contributed by atoms with Gasteiger partial charge in [-0.2, -0.15) is 0 Å². The van der Waals surface area contributed by atoms with E-state index in [1.54, 1.807) is 0 Å². The lowest BCUT2D eigenvalue weighted by molar-refractivity contribution is 0.443. The SMILES string of the molecule is Brc1cc(C=NC2CCCCC2)oc1N1CCCC1. The second-order valence-corrected chi connectivity index (χ2v) is 6.42. The van der Waals surface area contributed by atoms with Crippen LogP contribution in [0.1, 0.15) is 50.7 Å². The summed E-state index contributed by atoms with van der Waals surface area (Å²) in [5, 5.41) is 0. The van der Waals surface area contributed by atoms with Crippen LogP contribution in [0.2, 0.25) is 0 Å². The first-order valence-electron chi connectivity index (χ1n) is 7.40. The molecular formula is C15H21BrN2O. The van der Waals surface area contributed by atoms with Crippen LogP contribution in [0.15, 0.2) is 19.9 Å². The molecule has 2 fully saturated rings. The zero-order valence-corrected chi connectivity index (χ0v) is 12.9. The monoisotopic (exact) mass is 324 g/mol. The van der Waals surface area contributed by atoms with Crippen LogP contribution in [0.25, 0.3) is 0 Å². The molecule has 104 valence electrons. The molecule has 4 heteroatoms. The summed E-state index contributed by atoms with van der Waals surface area (Å²) in [6, 6.07) is 2.55. The second kappa shape index (κ2) is 6.12. The molecular weight excluding hydrogens is 304 g/mol. The number of aliphatic imine (C=N–C) groups is 1. The van der Waals surface area contributed by atoms with E-state index in [1.807, 2.05) is 12.3 Å². The summed E-state index contributed by atoms with van der Waals surface area (Å²) >= 11 is 3.60. The normalized spacial score (nSPS) is 21.6. The van der Waals surface area contributed by atoms with E-state index in [4.69, 9.17) is 4.42 Å². The van der Waals surface area contributed by atoms with Crippen LogP contribution in [0.3, 0.4) is 0 Å². The maximum absolute atomic E-state index is 5.92. The van der Waals surface area contributed by atoms with Crippen LogP contribution in [0, 0.1) is 0 Å². The molecule has 1 aromatic heterocycles. The van der Waals surface area contributed by atoms with Gasteiger partial charge >= 0.3 is 0 Å². The van der Waals surface area contributed by atoms with Crippen molar-refractivity contribution in [1.29, 1.82) is 0 Å². The van der Waals surface area contributed by atoms with E-state index in [0.29, 0.717) is 6.04 Å². The number of nitrogens with zero attached hydrogens (tertiary/aromatic N) is 2. The van der Waals surface area contributed by atoms with E-state index in [-0.39, 0.29) is 0 Å². The summed E-state index contributed by atoms with van der Waals surface area (Å²) in [5.74, 6) is 1.85. The summed E-state index contributed by atoms with van der Waals surface area (Å²) in [7, 11) is 0. The minimum Gasteiger partial charge on any atom is -0.438 e. The number of halogens is 1. The van der Waals surface area contributed by atoms with E-state index in [2.05, 4.69) is 25.8 Å². The van der Waals surface area contributed by atoms with Crippen LogP contribution in [0.4, 0.5) is 5.88 Å². The topological polar surface area (TPSA) is 28.7 Å². The van der Waals surface area contributed by atoms with Gasteiger partial charge in [0.05, 0.1) is 16.7 Å². The van der Waals surface area contributed by atoms with Crippen LogP contribution < -0.4 is 4.90 Å². The molecule has 0 radical (unpaired) electrons. The van der Waals surface area contributed by atoms with Gasteiger partial charge in [-0.25, -0.2) is 0 Å². The third-order valence-corrected chi connectivity index (χ3v) is 4.64. The lowest BCUT2D eigenvalue weighted by Gasteiger charge is -2.16. The molecule has 3 nitrogen and oxygen atoms in total. The van der Waals surface area contributed by atoms with Crippen molar-refractivity contribution in [2.75, 3.05) is 18.0 Å². The minimum atomic E-state index is 0.507. The van der Waals surface area contributed by atoms with Crippen molar-refractivity contribution in [2.45, 2.75) is 51.0 Å². The molecule has 2 aliphatic rings. The Bertz CT molecular complexity index is 443. The molecule has 1 aliphatic carbocycles. The number of hydrogen-bond donors (Lipinski definition) is 0. The van der Waals surface area contributed by atoms with E-state index >= 15 is 0 Å². The van der Waals surface area contributed by atoms with E-state index < -0.39 is 0 Å². The van der Waals surface area contributed by atoms with Crippen molar-refractivity contribution in [3.63, 3.8) is 0 Å². The Kier molecular flexibility index (Phi) is 4.26. The van der Waals surface area contributed by atoms with Gasteiger partial charge in [-0.1, -0.05) is 19.3 Å². The molecule has 2 heterocycles. The third-order valence-electron chi connectivity index (χ3n) is 4.07. The average Bonchev–Trinajstić information content (AvgIpc) is 3.07. The van der Waals surface area contributed by atoms with Crippen molar-refractivity contribution in [1.82, 2.24) is 0 Å². The van der Waals surface area contributed by atoms with Gasteiger partial charge in [0, 0.05) is 19.2 Å². The van der Waals surface area contributed by atoms with Gasteiger partial charge in [0.25, 0.3) is 0 Å². The Morgan fingerprint density at radius 3 is 2.63 bits per heavy atom. The van der Waals surface area contributed by atoms with Gasteiger partial charge in [0.2, 0.25) is 5.88 Å². The zero-order valence-electron chi connectivity index (χ0n) is 11.3. The molecule has 0 amide bonds. The van der Waals surface area contributed by atoms with Gasteiger partial charge in [-0.05, 0) is 41.6 Å². The molecule has 0 spiro atoms. The lowest BCUT2D eigenvalue weighted by Crippen LogP contribution is -2.17. The summed E-state index contributed by atoms with van der Waals surface area (Å²) in [4.78, 5) is 6.98. The molecule has 0 atom stereocenters. The fraction of sp³-hybridized carbons (Fsp3) is 0.667. The van der Waals surface area contributed by atoms with Crippen molar-refractivity contribution < 1.29 is 4.42 Å². The highest BCUT2D eigenvalue weighted by Gasteiger charge is 2.19. The zero-order chi connectivity index (χ0) is 13.1. The molecule has 0 aromatic carbocycles. The Labute approximate surface area is 123 Å². The number of rotatable bonds is 3. The third kappa shape index (κ3) is 3.22. The maximum atomic E-state index is 5.92. The van der Waals surface area contributed by atoms with Crippen molar-refractivity contribution in [2.24, 2.45) is 4.99 Å². The Hall–Kier alpha value is -0.770. The fourth-order valence-electron chi connectivity index (χ4n) is 2.98. The maximum Gasteiger partial charge on any atom is 0.210 e. The highest BCUT2D eigenvalue weighted by atomic mass is 79.9. The number of hydrogen-bond acceptors (Lipinski definition) is 3. The molecule has 1 aliphatic heterocycles. The minimum absolute atomic E-state index is 0.507. The molecule has 0 unspecified atom stereocenters. The highest BCUT2D eigenvalue weighted by Crippen LogP contribution is 2.32. The summed E-state index contributed by atoms with van der Waals surface area (Å²) in [6.07, 6.45) is 10.9. The molecule has 3 rings (SSSR count). The predicted molar refractivity (Wildman–Crippen MR) is 82.3 cm³/mol. The van der Waals surface area contributed by atoms with Gasteiger partial charge in [0.1, 0.15) is 5.76 Å². The van der Waals surface area contributed by atoms with Crippen molar-refractivity contribution in [3.05, 3.63) is 16.3 Å². The molecule has 0 N–H and O–H groups in total. The van der Waals surface area contributed by atoms with Crippen LogP contribution in [0.5, 0.6) is 0 Å². The Morgan fingerprint density at radius 1 is 1.16 bits per heavy atom. The second-order valence-electron chi connectivity index (χ2n) is 5.57. The van der Waals surface area contributed by atoms with Crippen molar-refractivity contribution in [3.8, 4) is 0 Å². The van der Waals surface area contributed by atoms with Gasteiger partial charge in [0.15, 0.2) is 0 Å². The van der Waals surface area contributed by atoms with Crippen LogP contribution in [-0.2, 0) is 0 Å². The summed E-state index contributed by atoms with van der Waals surface area (Å²) in [6.45, 7) is 2.21. The molecule has 1 aromatic rings. The summed E-state index contributed by atoms with van der Waals surface area (Å²) < 4.78 is 6.97. The average molecular weight is 325 g/mol. The quantitative estimate of drug-likeness (QED) is 0.771. The predicted octanol–water partition coefficient (Wildman–Crippen LogP) is 4.39. The van der Waals surface area contributed by atoms with E-state index in [0.717, 1.165) is 29.2 Å². The van der Waals surface area contributed by atoms with E-state index in [9.17, 15) is 0 Å². The highest BCUT2D eigenvalue weighted by molar-refractivity contribution is 9.10. The molecule has 19 heavy (non-hydrogen) atoms.